The van der Waals surface area contributed by atoms with Crippen LogP contribution >= 0.6 is 0 Å². The molecule has 0 aromatic heterocycles. The summed E-state index contributed by atoms with van der Waals surface area (Å²) in [5, 5.41) is 0. The molecule has 13 heavy (non-hydrogen) atoms. The molecule has 2 heteroatoms. The smallest absolute Gasteiger partial charge is 0.0180 e. The van der Waals surface area contributed by atoms with E-state index in [1.165, 1.54) is 51.9 Å². The summed E-state index contributed by atoms with van der Waals surface area (Å²) >= 11 is 0. The van der Waals surface area contributed by atoms with Gasteiger partial charge in [-0.15, -0.1) is 0 Å². The second-order valence-electron chi connectivity index (χ2n) is 4.14. The maximum Gasteiger partial charge on any atom is 0.0180 e. The Morgan fingerprint density at radius 1 is 0.846 bits per heavy atom. The van der Waals surface area contributed by atoms with Crippen molar-refractivity contribution in [1.82, 2.24) is 9.80 Å². The van der Waals surface area contributed by atoms with Gasteiger partial charge in [0.1, 0.15) is 0 Å². The predicted molar refractivity (Wildman–Crippen MR) is 55.6 cm³/mol. The van der Waals surface area contributed by atoms with Crippen LogP contribution in [0.1, 0.15) is 25.7 Å². The van der Waals surface area contributed by atoms with Crippen molar-refractivity contribution in [2.75, 3.05) is 32.7 Å². The fourth-order valence-electron chi connectivity index (χ4n) is 2.20. The van der Waals surface area contributed by atoms with E-state index in [1.54, 1.807) is 0 Å². The zero-order chi connectivity index (χ0) is 8.93. The van der Waals surface area contributed by atoms with Crippen LogP contribution in [0.3, 0.4) is 0 Å². The summed E-state index contributed by atoms with van der Waals surface area (Å²) < 4.78 is 0. The molecule has 2 fully saturated rings. The highest BCUT2D eigenvalue weighted by Gasteiger charge is 2.09. The highest BCUT2D eigenvalue weighted by Crippen LogP contribution is 2.09. The largest absolute Gasteiger partial charge is 0.378 e. The maximum absolute atomic E-state index is 2.53. The molecule has 0 atom stereocenters. The summed E-state index contributed by atoms with van der Waals surface area (Å²) in [6.45, 7) is 6.33. The van der Waals surface area contributed by atoms with Gasteiger partial charge in [-0.25, -0.2) is 0 Å². The van der Waals surface area contributed by atoms with E-state index in [1.807, 2.05) is 0 Å². The van der Waals surface area contributed by atoms with Crippen LogP contribution in [0, 0.1) is 0 Å². The van der Waals surface area contributed by atoms with Gasteiger partial charge in [0.2, 0.25) is 0 Å². The lowest BCUT2D eigenvalue weighted by Crippen LogP contribution is -2.19. The number of likely N-dealkylation sites (tertiary alicyclic amines) is 2. The van der Waals surface area contributed by atoms with E-state index in [0.717, 1.165) is 6.54 Å². The van der Waals surface area contributed by atoms with Gasteiger partial charge in [0.15, 0.2) is 0 Å². The topological polar surface area (TPSA) is 6.48 Å². The minimum atomic E-state index is 1.16. The number of nitrogens with zero attached hydrogens (tertiary/aromatic N) is 2. The van der Waals surface area contributed by atoms with Crippen LogP contribution in [0.25, 0.3) is 0 Å². The Bertz CT molecular complexity index is 165. The molecule has 0 aromatic rings. The van der Waals surface area contributed by atoms with Crippen LogP contribution in [0.15, 0.2) is 12.3 Å². The normalized spacial score (nSPS) is 25.1. The molecule has 74 valence electrons. The highest BCUT2D eigenvalue weighted by atomic mass is 15.1. The van der Waals surface area contributed by atoms with Gasteiger partial charge in [0.25, 0.3) is 0 Å². The minimum absolute atomic E-state index is 1.16. The van der Waals surface area contributed by atoms with E-state index in [9.17, 15) is 0 Å². The molecule has 2 aliphatic rings. The summed E-state index contributed by atoms with van der Waals surface area (Å²) in [5.74, 6) is 0. The van der Waals surface area contributed by atoms with Crippen LogP contribution in [-0.2, 0) is 0 Å². The molecule has 2 saturated heterocycles. The Balaban J connectivity index is 1.65. The summed E-state index contributed by atoms with van der Waals surface area (Å²) in [7, 11) is 0. The third-order valence-electron chi connectivity index (χ3n) is 3.02. The first-order valence-corrected chi connectivity index (χ1v) is 5.58. The molecule has 0 spiro atoms. The van der Waals surface area contributed by atoms with Crippen LogP contribution < -0.4 is 0 Å². The van der Waals surface area contributed by atoms with Crippen molar-refractivity contribution in [3.63, 3.8) is 0 Å². The predicted octanol–water partition coefficient (Wildman–Crippen LogP) is 1.69. The Labute approximate surface area is 81.2 Å². The minimum Gasteiger partial charge on any atom is -0.378 e. The van der Waals surface area contributed by atoms with Crippen molar-refractivity contribution >= 4 is 0 Å². The lowest BCUT2D eigenvalue weighted by atomic mass is 10.4. The zero-order valence-corrected chi connectivity index (χ0v) is 8.41. The monoisotopic (exact) mass is 180 g/mol. The number of hydrogen-bond donors (Lipinski definition) is 0. The van der Waals surface area contributed by atoms with Gasteiger partial charge in [-0.05, 0) is 45.0 Å². The lowest BCUT2D eigenvalue weighted by Gasteiger charge is -2.13. The van der Waals surface area contributed by atoms with Gasteiger partial charge < -0.3 is 4.90 Å². The average molecular weight is 180 g/mol. The summed E-state index contributed by atoms with van der Waals surface area (Å²) in [6, 6.07) is 0. The Kier molecular flexibility index (Phi) is 3.25. The molecule has 0 aliphatic carbocycles. The molecular weight excluding hydrogens is 160 g/mol. The van der Waals surface area contributed by atoms with Gasteiger partial charge in [0.05, 0.1) is 0 Å². The molecule has 2 aliphatic heterocycles. The molecule has 2 rings (SSSR count). The molecular formula is C11H20N2. The summed E-state index contributed by atoms with van der Waals surface area (Å²) in [6.07, 6.45) is 10.2. The van der Waals surface area contributed by atoms with E-state index in [4.69, 9.17) is 0 Å². The van der Waals surface area contributed by atoms with Crippen molar-refractivity contribution in [3.8, 4) is 0 Å². The lowest BCUT2D eigenvalue weighted by molar-refractivity contribution is 0.373. The molecule has 0 N–H and O–H groups in total. The second-order valence-corrected chi connectivity index (χ2v) is 4.14. The van der Waals surface area contributed by atoms with E-state index < -0.39 is 0 Å². The Morgan fingerprint density at radius 2 is 1.46 bits per heavy atom. The van der Waals surface area contributed by atoms with E-state index in [0.29, 0.717) is 0 Å². The third kappa shape index (κ3) is 2.73. The van der Waals surface area contributed by atoms with Crippen molar-refractivity contribution < 1.29 is 0 Å². The third-order valence-corrected chi connectivity index (χ3v) is 3.02. The van der Waals surface area contributed by atoms with Crippen molar-refractivity contribution in [1.29, 1.82) is 0 Å². The zero-order valence-electron chi connectivity index (χ0n) is 8.41. The fourth-order valence-corrected chi connectivity index (χ4v) is 2.20. The van der Waals surface area contributed by atoms with Gasteiger partial charge >= 0.3 is 0 Å². The average Bonchev–Trinajstić information content (AvgIpc) is 2.75. The first-order chi connectivity index (χ1) is 6.45. The first-order valence-electron chi connectivity index (χ1n) is 5.58. The van der Waals surface area contributed by atoms with Gasteiger partial charge in [-0.1, -0.05) is 6.08 Å². The molecule has 0 aromatic carbocycles. The second kappa shape index (κ2) is 4.66. The van der Waals surface area contributed by atoms with Crippen LogP contribution in [-0.4, -0.2) is 42.5 Å². The standard InChI is InChI=1S/C11H20N2/c1-2-7-12(6-1)10-5-11-13-8-3-4-9-13/h5,10H,1-4,6-9,11H2/b10-5+. The van der Waals surface area contributed by atoms with Gasteiger partial charge in [-0.2, -0.15) is 0 Å². The van der Waals surface area contributed by atoms with Gasteiger partial charge in [0, 0.05) is 19.6 Å². The van der Waals surface area contributed by atoms with Crippen LogP contribution in [0.4, 0.5) is 0 Å². The number of hydrogen-bond acceptors (Lipinski definition) is 2. The van der Waals surface area contributed by atoms with Crippen molar-refractivity contribution in [2.24, 2.45) is 0 Å². The Morgan fingerprint density at radius 3 is 2.15 bits per heavy atom. The number of rotatable bonds is 3. The maximum atomic E-state index is 2.53. The SMILES string of the molecule is C(=C\N1CCCC1)/CN1CCCC1. The molecule has 0 bridgehead atoms. The molecule has 0 amide bonds. The van der Waals surface area contributed by atoms with E-state index in [-0.39, 0.29) is 0 Å². The quantitative estimate of drug-likeness (QED) is 0.652. The van der Waals surface area contributed by atoms with E-state index >= 15 is 0 Å². The first kappa shape index (κ1) is 9.07. The van der Waals surface area contributed by atoms with Crippen molar-refractivity contribution in [2.45, 2.75) is 25.7 Å². The fraction of sp³-hybridized carbons (Fsp3) is 0.818. The molecule has 2 heterocycles. The van der Waals surface area contributed by atoms with Crippen molar-refractivity contribution in [3.05, 3.63) is 12.3 Å². The molecule has 0 saturated carbocycles. The highest BCUT2D eigenvalue weighted by molar-refractivity contribution is 4.88. The molecule has 0 radical (unpaired) electrons. The Hall–Kier alpha value is -0.500. The van der Waals surface area contributed by atoms with E-state index in [2.05, 4.69) is 22.1 Å². The van der Waals surface area contributed by atoms with Gasteiger partial charge in [-0.3, -0.25) is 4.90 Å². The van der Waals surface area contributed by atoms with Crippen LogP contribution in [0.2, 0.25) is 0 Å². The van der Waals surface area contributed by atoms with Crippen LogP contribution in [0.5, 0.6) is 0 Å². The molecule has 2 nitrogen and oxygen atoms in total. The summed E-state index contributed by atoms with van der Waals surface area (Å²) in [4.78, 5) is 4.97. The summed E-state index contributed by atoms with van der Waals surface area (Å²) in [5.41, 5.74) is 0. The molecule has 0 unspecified atom stereocenters.